The van der Waals surface area contributed by atoms with Crippen LogP contribution in [-0.4, -0.2) is 31.6 Å². The summed E-state index contributed by atoms with van der Waals surface area (Å²) in [5, 5.41) is 9.38. The van der Waals surface area contributed by atoms with Crippen molar-refractivity contribution in [1.29, 1.82) is 0 Å². The summed E-state index contributed by atoms with van der Waals surface area (Å²) in [6, 6.07) is 2.58. The molecule has 0 saturated heterocycles. The zero-order valence-corrected chi connectivity index (χ0v) is 17.7. The van der Waals surface area contributed by atoms with Crippen molar-refractivity contribution in [1.82, 2.24) is 19.6 Å². The second kappa shape index (κ2) is 8.43. The lowest BCUT2D eigenvalue weighted by Gasteiger charge is -2.26. The molecule has 0 aliphatic heterocycles. The number of hydrogen-bond acceptors (Lipinski definition) is 3. The first kappa shape index (κ1) is 20.1. The smallest absolute Gasteiger partial charge is 0.0652 e. The van der Waals surface area contributed by atoms with Gasteiger partial charge < -0.3 is 0 Å². The first-order valence-electron chi connectivity index (χ1n) is 9.33. The molecule has 0 bridgehead atoms. The monoisotopic (exact) mass is 362 g/mol. The maximum absolute atomic E-state index is 4.72. The van der Waals surface area contributed by atoms with E-state index >= 15 is 0 Å². The Labute approximate surface area is 157 Å². The molecule has 25 heavy (non-hydrogen) atoms. The summed E-state index contributed by atoms with van der Waals surface area (Å²) in [7, 11) is 0. The summed E-state index contributed by atoms with van der Waals surface area (Å²) in [6.45, 7) is 13.4. The average Bonchev–Trinajstić information content (AvgIpc) is 3.22. The van der Waals surface area contributed by atoms with Gasteiger partial charge in [-0.1, -0.05) is 13.8 Å². The van der Waals surface area contributed by atoms with Crippen LogP contribution in [0, 0.1) is 0 Å². The highest BCUT2D eigenvalue weighted by Gasteiger charge is 2.24. The van der Waals surface area contributed by atoms with E-state index in [0.717, 1.165) is 18.6 Å². The standard InChI is InChI=1S/C20H34N4S/c1-15(2)23-11-9-19(22-23)16(3)8-10-20(5,6)24-13-18(12-21-24)17(4)14-25-7/h9,11-13,15-17H,8,10,14H2,1-7H3/t16?,17-/m1/s1. The molecule has 0 N–H and O–H groups in total. The molecule has 0 amide bonds. The van der Waals surface area contributed by atoms with Crippen molar-refractivity contribution >= 4 is 11.8 Å². The normalized spacial score (nSPS) is 14.9. The van der Waals surface area contributed by atoms with Crippen LogP contribution < -0.4 is 0 Å². The molecular weight excluding hydrogens is 328 g/mol. The Morgan fingerprint density at radius 1 is 1.16 bits per heavy atom. The predicted molar refractivity (Wildman–Crippen MR) is 109 cm³/mol. The number of nitrogens with zero attached hydrogens (tertiary/aromatic N) is 4. The zero-order valence-electron chi connectivity index (χ0n) is 16.9. The molecule has 5 heteroatoms. The van der Waals surface area contributed by atoms with E-state index in [9.17, 15) is 0 Å². The Kier molecular flexibility index (Phi) is 6.78. The van der Waals surface area contributed by atoms with E-state index < -0.39 is 0 Å². The van der Waals surface area contributed by atoms with Crippen molar-refractivity contribution in [2.24, 2.45) is 0 Å². The second-order valence-corrected chi connectivity index (χ2v) is 9.05. The Hall–Kier alpha value is -1.23. The van der Waals surface area contributed by atoms with Crippen LogP contribution in [-0.2, 0) is 5.54 Å². The van der Waals surface area contributed by atoms with Crippen molar-refractivity contribution < 1.29 is 0 Å². The number of hydrogen-bond donors (Lipinski definition) is 0. The number of rotatable bonds is 9. The molecule has 4 nitrogen and oxygen atoms in total. The lowest BCUT2D eigenvalue weighted by Crippen LogP contribution is -2.27. The second-order valence-electron chi connectivity index (χ2n) is 8.14. The molecule has 1 unspecified atom stereocenters. The fourth-order valence-electron chi connectivity index (χ4n) is 3.00. The van der Waals surface area contributed by atoms with Crippen LogP contribution in [0.4, 0.5) is 0 Å². The molecular formula is C20H34N4S. The molecule has 0 fully saturated rings. The summed E-state index contributed by atoms with van der Waals surface area (Å²) in [5.74, 6) is 2.16. The van der Waals surface area contributed by atoms with Crippen LogP contribution >= 0.6 is 11.8 Å². The first-order valence-corrected chi connectivity index (χ1v) is 10.7. The molecule has 2 rings (SSSR count). The molecule has 0 aromatic carbocycles. The maximum atomic E-state index is 4.72. The molecule has 140 valence electrons. The fraction of sp³-hybridized carbons (Fsp3) is 0.700. The van der Waals surface area contributed by atoms with Crippen molar-refractivity contribution in [3.8, 4) is 0 Å². The van der Waals surface area contributed by atoms with E-state index in [-0.39, 0.29) is 5.54 Å². The highest BCUT2D eigenvalue weighted by Crippen LogP contribution is 2.29. The first-order chi connectivity index (χ1) is 11.7. The fourth-order valence-corrected chi connectivity index (χ4v) is 3.70. The van der Waals surface area contributed by atoms with Gasteiger partial charge in [0, 0.05) is 24.4 Å². The summed E-state index contributed by atoms with van der Waals surface area (Å²) in [5.41, 5.74) is 2.55. The highest BCUT2D eigenvalue weighted by atomic mass is 32.2. The maximum Gasteiger partial charge on any atom is 0.0652 e. The minimum absolute atomic E-state index is 0.0200. The third-order valence-corrected chi connectivity index (χ3v) is 5.89. The Bertz CT molecular complexity index is 656. The molecule has 2 atom stereocenters. The van der Waals surface area contributed by atoms with Crippen molar-refractivity contribution in [2.45, 2.75) is 77.8 Å². The Balaban J connectivity index is 1.98. The van der Waals surface area contributed by atoms with E-state index in [1.165, 1.54) is 11.3 Å². The van der Waals surface area contributed by atoms with Crippen molar-refractivity contribution in [3.05, 3.63) is 35.9 Å². The SMILES string of the molecule is CSC[C@@H](C)c1cnn(C(C)(C)CCC(C)c2ccn(C(C)C)n2)c1. The molecule has 0 spiro atoms. The van der Waals surface area contributed by atoms with Gasteiger partial charge >= 0.3 is 0 Å². The highest BCUT2D eigenvalue weighted by molar-refractivity contribution is 7.98. The van der Waals surface area contributed by atoms with Gasteiger partial charge in [0.25, 0.3) is 0 Å². The van der Waals surface area contributed by atoms with E-state index in [1.807, 2.05) is 22.6 Å². The quantitative estimate of drug-likeness (QED) is 0.595. The molecule has 0 radical (unpaired) electrons. The van der Waals surface area contributed by atoms with Gasteiger partial charge in [-0.3, -0.25) is 9.36 Å². The zero-order chi connectivity index (χ0) is 18.6. The minimum atomic E-state index is 0.0200. The number of thioether (sulfide) groups is 1. The lowest BCUT2D eigenvalue weighted by molar-refractivity contribution is 0.280. The molecule has 0 aliphatic rings. The number of aromatic nitrogens is 4. The Morgan fingerprint density at radius 3 is 2.48 bits per heavy atom. The van der Waals surface area contributed by atoms with Crippen LogP contribution in [0.25, 0.3) is 0 Å². The molecule has 2 aromatic rings. The van der Waals surface area contributed by atoms with Gasteiger partial charge in [0.2, 0.25) is 0 Å². The van der Waals surface area contributed by atoms with Crippen molar-refractivity contribution in [3.63, 3.8) is 0 Å². The van der Waals surface area contributed by atoms with Crippen molar-refractivity contribution in [2.75, 3.05) is 12.0 Å². The van der Waals surface area contributed by atoms with E-state index in [2.05, 4.69) is 76.0 Å². The van der Waals surface area contributed by atoms with E-state index in [0.29, 0.717) is 17.9 Å². The van der Waals surface area contributed by atoms with Gasteiger partial charge in [0.05, 0.1) is 17.4 Å². The average molecular weight is 363 g/mol. The molecule has 2 aromatic heterocycles. The third kappa shape index (κ3) is 5.13. The lowest BCUT2D eigenvalue weighted by atomic mass is 9.92. The van der Waals surface area contributed by atoms with Gasteiger partial charge in [-0.25, -0.2) is 0 Å². The van der Waals surface area contributed by atoms with Gasteiger partial charge in [-0.05, 0) is 70.1 Å². The van der Waals surface area contributed by atoms with Crippen LogP contribution in [0.3, 0.4) is 0 Å². The van der Waals surface area contributed by atoms with Crippen LogP contribution in [0.15, 0.2) is 24.7 Å². The summed E-state index contributed by atoms with van der Waals surface area (Å²) in [4.78, 5) is 0. The van der Waals surface area contributed by atoms with E-state index in [4.69, 9.17) is 5.10 Å². The summed E-state index contributed by atoms with van der Waals surface area (Å²) in [6.07, 6.45) is 10.7. The predicted octanol–water partition coefficient (Wildman–Crippen LogP) is 5.45. The largest absolute Gasteiger partial charge is 0.270 e. The summed E-state index contributed by atoms with van der Waals surface area (Å²) >= 11 is 1.89. The van der Waals surface area contributed by atoms with Gasteiger partial charge in [0.15, 0.2) is 0 Å². The molecule has 2 heterocycles. The minimum Gasteiger partial charge on any atom is -0.270 e. The Morgan fingerprint density at radius 2 is 1.88 bits per heavy atom. The molecule has 0 saturated carbocycles. The summed E-state index contributed by atoms with van der Waals surface area (Å²) < 4.78 is 4.20. The van der Waals surface area contributed by atoms with Crippen LogP contribution in [0.5, 0.6) is 0 Å². The van der Waals surface area contributed by atoms with Crippen LogP contribution in [0.1, 0.15) is 83.5 Å². The van der Waals surface area contributed by atoms with Gasteiger partial charge in [0.1, 0.15) is 0 Å². The van der Waals surface area contributed by atoms with Crippen LogP contribution in [0.2, 0.25) is 0 Å². The van der Waals surface area contributed by atoms with E-state index in [1.54, 1.807) is 0 Å². The topological polar surface area (TPSA) is 35.6 Å². The van der Waals surface area contributed by atoms with Gasteiger partial charge in [-0.2, -0.15) is 22.0 Å². The third-order valence-electron chi connectivity index (χ3n) is 5.06. The molecule has 0 aliphatic carbocycles. The van der Waals surface area contributed by atoms with Gasteiger partial charge in [-0.15, -0.1) is 0 Å².